The molecule has 0 unspecified atom stereocenters. The van der Waals surface area contributed by atoms with Crippen molar-refractivity contribution in [3.05, 3.63) is 284 Å². The highest BCUT2D eigenvalue weighted by Crippen LogP contribution is 2.41. The number of aromatic nitrogens is 15. The van der Waals surface area contributed by atoms with Crippen LogP contribution in [0.1, 0.15) is 11.1 Å². The van der Waals surface area contributed by atoms with Crippen LogP contribution in [0.25, 0.3) is 157 Å². The standard InChI is InChI=1S/C21H15N3.C20H14N4.C20H13N3O.C15H11N5/c1-2-7-14(8-3-1)20-22-21(24-23-20)18-12-6-11-17-16-10-5-4-9-15(16)13-19(17)18;1-2-7-13(8-3-1)19-22-20(24-23-19)16-11-6-10-15-14-9-4-5-12-17(14)21-18(15)16;1-2-7-13(8-3-1)19-21-20(23-22-19)16-11-6-10-15-14-9-4-5-12-17(14)24-18(15)16;1-2-6-10(7-3-1)13-18-15(20-19-13)14-16-11-8-4-5-9-12(11)17-14/h1-12H,13H2,(H,22,23,24);1-12,21H,(H,22,23,24);1-12H,(H,21,22,23);1-9H,(H,16,17)(H,18,19,20). The number of fused-ring (bicyclic) bond motifs is 10. The van der Waals surface area contributed by atoms with Crippen LogP contribution in [-0.2, 0) is 6.42 Å². The lowest BCUT2D eigenvalue weighted by Crippen LogP contribution is -1.89. The van der Waals surface area contributed by atoms with Gasteiger partial charge in [-0.25, -0.2) is 24.9 Å². The summed E-state index contributed by atoms with van der Waals surface area (Å²) in [6, 6.07) is 91.4. The Bertz CT molecular complexity index is 5360. The van der Waals surface area contributed by atoms with E-state index in [4.69, 9.17) is 9.40 Å². The van der Waals surface area contributed by atoms with Crippen molar-refractivity contribution in [2.24, 2.45) is 0 Å². The lowest BCUT2D eigenvalue weighted by Gasteiger charge is -2.05. The van der Waals surface area contributed by atoms with Crippen molar-refractivity contribution >= 4 is 54.8 Å². The molecule has 0 atom stereocenters. The van der Waals surface area contributed by atoms with E-state index in [9.17, 15) is 0 Å². The van der Waals surface area contributed by atoms with E-state index in [0.29, 0.717) is 34.9 Å². The highest BCUT2D eigenvalue weighted by atomic mass is 16.3. The van der Waals surface area contributed by atoms with Crippen molar-refractivity contribution in [3.8, 4) is 102 Å². The highest BCUT2D eigenvalue weighted by molar-refractivity contribution is 6.11. The zero-order valence-electron chi connectivity index (χ0n) is 49.1. The number of aromatic amines is 6. The van der Waals surface area contributed by atoms with Crippen molar-refractivity contribution in [1.82, 2.24) is 75.7 Å². The maximum Gasteiger partial charge on any atom is 0.192 e. The van der Waals surface area contributed by atoms with Crippen LogP contribution in [0, 0.1) is 0 Å². The first-order valence-electron chi connectivity index (χ1n) is 30.1. The molecule has 92 heavy (non-hydrogen) atoms. The molecule has 6 N–H and O–H groups in total. The van der Waals surface area contributed by atoms with Crippen molar-refractivity contribution in [3.63, 3.8) is 0 Å². The summed E-state index contributed by atoms with van der Waals surface area (Å²) in [6.07, 6.45) is 0.947. The van der Waals surface area contributed by atoms with Gasteiger partial charge in [0.2, 0.25) is 0 Å². The number of hydrogen-bond acceptors (Lipinski definition) is 10. The van der Waals surface area contributed by atoms with Gasteiger partial charge >= 0.3 is 0 Å². The summed E-state index contributed by atoms with van der Waals surface area (Å²) in [5.74, 6) is 6.43. The molecule has 16 nitrogen and oxygen atoms in total. The number of furan rings is 1. The molecule has 0 bridgehead atoms. The maximum absolute atomic E-state index is 6.07. The third-order valence-electron chi connectivity index (χ3n) is 16.2. The fourth-order valence-electron chi connectivity index (χ4n) is 11.8. The summed E-state index contributed by atoms with van der Waals surface area (Å²) in [5, 5.41) is 34.1. The summed E-state index contributed by atoms with van der Waals surface area (Å²) in [6.45, 7) is 0. The molecular formula is C76H53N15O. The van der Waals surface area contributed by atoms with Gasteiger partial charge in [0, 0.05) is 60.4 Å². The van der Waals surface area contributed by atoms with Crippen LogP contribution >= 0.6 is 0 Å². The van der Waals surface area contributed by atoms with Gasteiger partial charge in [0.05, 0.1) is 22.1 Å². The molecule has 1 aliphatic carbocycles. The SMILES string of the molecule is c1ccc(-c2n[nH]c(-c3cccc4c3Cc3ccccc3-4)n2)cc1.c1ccc(-c2n[nH]c(-c3cccc4c3[nH]c3ccccc34)n2)cc1.c1ccc(-c2n[nH]c(-c3cccc4c3oc3ccccc34)n2)cc1.c1ccc(-c2n[nH]c(-c3nc4ccccc4[nH]3)n2)cc1. The normalized spacial score (nSPS) is 11.4. The molecule has 0 radical (unpaired) electrons. The van der Waals surface area contributed by atoms with Crippen LogP contribution in [0.3, 0.4) is 0 Å². The number of para-hydroxylation sites is 6. The van der Waals surface area contributed by atoms with E-state index in [1.165, 1.54) is 33.0 Å². The Morgan fingerprint density at radius 2 is 0.717 bits per heavy atom. The maximum atomic E-state index is 6.07. The number of hydrogen-bond donors (Lipinski definition) is 6. The predicted molar refractivity (Wildman–Crippen MR) is 364 cm³/mol. The summed E-state index contributed by atoms with van der Waals surface area (Å²) >= 11 is 0. The van der Waals surface area contributed by atoms with E-state index in [2.05, 4.69) is 162 Å². The number of H-pyrrole nitrogens is 6. The molecule has 0 saturated carbocycles. The molecule has 0 saturated heterocycles. The first-order valence-corrected chi connectivity index (χ1v) is 30.1. The van der Waals surface area contributed by atoms with E-state index < -0.39 is 0 Å². The van der Waals surface area contributed by atoms with Gasteiger partial charge in [0.25, 0.3) is 0 Å². The minimum absolute atomic E-state index is 0.639. The molecule has 18 aromatic rings. The Labute approximate surface area is 525 Å². The Hall–Kier alpha value is -13.0. The lowest BCUT2D eigenvalue weighted by molar-refractivity contribution is 0.669. The number of nitrogens with zero attached hydrogens (tertiary/aromatic N) is 9. The molecule has 19 rings (SSSR count). The average molecular weight is 1190 g/mol. The van der Waals surface area contributed by atoms with Crippen LogP contribution in [0.4, 0.5) is 0 Å². The van der Waals surface area contributed by atoms with Crippen LogP contribution in [0.15, 0.2) is 277 Å². The van der Waals surface area contributed by atoms with Gasteiger partial charge in [-0.1, -0.05) is 237 Å². The second kappa shape index (κ2) is 24.0. The van der Waals surface area contributed by atoms with Gasteiger partial charge in [0.1, 0.15) is 11.2 Å². The van der Waals surface area contributed by atoms with E-state index in [1.807, 2.05) is 182 Å². The van der Waals surface area contributed by atoms with E-state index in [0.717, 1.165) is 107 Å². The van der Waals surface area contributed by atoms with Gasteiger partial charge < -0.3 is 14.4 Å². The predicted octanol–water partition coefficient (Wildman–Crippen LogP) is 17.5. The van der Waals surface area contributed by atoms with Gasteiger partial charge in [-0.2, -0.15) is 20.4 Å². The summed E-state index contributed by atoms with van der Waals surface area (Å²) in [5.41, 5.74) is 18.2. The highest BCUT2D eigenvalue weighted by Gasteiger charge is 2.23. The molecule has 0 aliphatic heterocycles. The summed E-state index contributed by atoms with van der Waals surface area (Å²) in [7, 11) is 0. The zero-order valence-corrected chi connectivity index (χ0v) is 49.1. The fraction of sp³-hybridized carbons (Fsp3) is 0.0132. The number of imidazole rings is 1. The van der Waals surface area contributed by atoms with Crippen molar-refractivity contribution in [2.75, 3.05) is 0 Å². The summed E-state index contributed by atoms with van der Waals surface area (Å²) in [4.78, 5) is 29.8. The van der Waals surface area contributed by atoms with E-state index in [-0.39, 0.29) is 0 Å². The smallest absolute Gasteiger partial charge is 0.192 e. The van der Waals surface area contributed by atoms with Crippen molar-refractivity contribution in [1.29, 1.82) is 0 Å². The fourth-order valence-corrected chi connectivity index (χ4v) is 11.8. The minimum Gasteiger partial charge on any atom is -0.455 e. The Morgan fingerprint density at radius 3 is 1.35 bits per heavy atom. The molecule has 438 valence electrons. The monoisotopic (exact) mass is 1190 g/mol. The van der Waals surface area contributed by atoms with Crippen LogP contribution in [-0.4, -0.2) is 75.7 Å². The number of nitrogens with one attached hydrogen (secondary N) is 6. The molecule has 0 amide bonds. The molecule has 7 heterocycles. The molecular weight excluding hydrogens is 1140 g/mol. The Morgan fingerprint density at radius 1 is 0.283 bits per heavy atom. The molecule has 0 fully saturated rings. The number of rotatable bonds is 8. The molecule has 11 aromatic carbocycles. The largest absolute Gasteiger partial charge is 0.455 e. The second-order valence-corrected chi connectivity index (χ2v) is 21.9. The third kappa shape index (κ3) is 10.6. The first kappa shape index (κ1) is 54.4. The third-order valence-corrected chi connectivity index (χ3v) is 16.2. The van der Waals surface area contributed by atoms with Gasteiger partial charge in [0.15, 0.2) is 52.4 Å². The zero-order chi connectivity index (χ0) is 61.2. The van der Waals surface area contributed by atoms with Gasteiger partial charge in [-0.3, -0.25) is 20.4 Å². The molecule has 1 aliphatic rings. The van der Waals surface area contributed by atoms with Crippen molar-refractivity contribution < 1.29 is 4.42 Å². The number of benzene rings is 11. The average Bonchev–Trinajstić information content (AvgIpc) is 1.69. The van der Waals surface area contributed by atoms with Crippen molar-refractivity contribution in [2.45, 2.75) is 6.42 Å². The van der Waals surface area contributed by atoms with Crippen LogP contribution in [0.5, 0.6) is 0 Å². The topological polar surface area (TPSA) is 224 Å². The summed E-state index contributed by atoms with van der Waals surface area (Å²) < 4.78 is 6.07. The lowest BCUT2D eigenvalue weighted by atomic mass is 10.0. The van der Waals surface area contributed by atoms with Crippen LogP contribution in [0.2, 0.25) is 0 Å². The van der Waals surface area contributed by atoms with Crippen LogP contribution < -0.4 is 0 Å². The van der Waals surface area contributed by atoms with Gasteiger partial charge in [-0.15, -0.1) is 0 Å². The van der Waals surface area contributed by atoms with E-state index in [1.54, 1.807) is 0 Å². The first-order chi connectivity index (χ1) is 45.6. The Kier molecular flexibility index (Phi) is 14.2. The quantitative estimate of drug-likeness (QED) is 0.0844. The molecule has 16 heteroatoms. The Balaban J connectivity index is 0.0000000979. The minimum atomic E-state index is 0.639. The second-order valence-electron chi connectivity index (χ2n) is 21.9. The van der Waals surface area contributed by atoms with E-state index >= 15 is 0 Å². The van der Waals surface area contributed by atoms with Gasteiger partial charge in [-0.05, 0) is 65.1 Å². The molecule has 0 spiro atoms. The molecule has 7 aromatic heterocycles.